The largest absolute Gasteiger partial charge is 0.229 e. The summed E-state index contributed by atoms with van der Waals surface area (Å²) >= 11 is 3.08. The van der Waals surface area contributed by atoms with Crippen molar-refractivity contribution in [2.24, 2.45) is 0 Å². The Hall–Kier alpha value is -2.31. The molecule has 0 aliphatic heterocycles. The third kappa shape index (κ3) is 3.41. The smallest absolute Gasteiger partial charge is 0.128 e. The van der Waals surface area contributed by atoms with Crippen molar-refractivity contribution in [1.82, 2.24) is 9.97 Å². The van der Waals surface area contributed by atoms with Crippen LogP contribution in [0.25, 0.3) is 21.3 Å². The molecule has 0 fully saturated rings. The summed E-state index contributed by atoms with van der Waals surface area (Å²) in [5.41, 5.74) is 2.81. The van der Waals surface area contributed by atoms with E-state index in [1.165, 1.54) is 35.6 Å². The Labute approximate surface area is 151 Å². The summed E-state index contributed by atoms with van der Waals surface area (Å²) in [6.45, 7) is 0. The van der Waals surface area contributed by atoms with E-state index in [1.54, 1.807) is 36.3 Å². The highest BCUT2D eigenvalue weighted by atomic mass is 32.2. The van der Waals surface area contributed by atoms with E-state index in [9.17, 15) is 8.78 Å². The number of halogens is 2. The first-order valence-corrected chi connectivity index (χ1v) is 9.42. The van der Waals surface area contributed by atoms with Gasteiger partial charge in [-0.2, -0.15) is 0 Å². The van der Waals surface area contributed by atoms with Crippen LogP contribution >= 0.6 is 23.1 Å². The van der Waals surface area contributed by atoms with Gasteiger partial charge in [0.05, 0.1) is 5.39 Å². The average Bonchev–Trinajstić information content (AvgIpc) is 3.05. The second-order valence-electron chi connectivity index (χ2n) is 5.43. The highest BCUT2D eigenvalue weighted by molar-refractivity contribution is 7.98. The number of nitrogens with zero attached hydrogens (tertiary/aromatic N) is 2. The van der Waals surface area contributed by atoms with Crippen LogP contribution in [0.2, 0.25) is 0 Å². The molecule has 0 radical (unpaired) electrons. The van der Waals surface area contributed by atoms with Gasteiger partial charge in [-0.05, 0) is 35.4 Å². The molecule has 0 atom stereocenters. The van der Waals surface area contributed by atoms with E-state index < -0.39 is 0 Å². The number of hydrogen-bond acceptors (Lipinski definition) is 4. The number of thiophene rings is 1. The topological polar surface area (TPSA) is 25.8 Å². The van der Waals surface area contributed by atoms with Gasteiger partial charge in [-0.3, -0.25) is 0 Å². The van der Waals surface area contributed by atoms with Gasteiger partial charge in [-0.25, -0.2) is 18.7 Å². The van der Waals surface area contributed by atoms with Crippen LogP contribution in [-0.2, 0) is 5.75 Å². The van der Waals surface area contributed by atoms with E-state index in [0.29, 0.717) is 5.75 Å². The van der Waals surface area contributed by atoms with Crippen molar-refractivity contribution < 1.29 is 8.78 Å². The van der Waals surface area contributed by atoms with Crippen LogP contribution in [0.5, 0.6) is 0 Å². The Kier molecular flexibility index (Phi) is 4.46. The van der Waals surface area contributed by atoms with E-state index >= 15 is 0 Å². The van der Waals surface area contributed by atoms with Crippen molar-refractivity contribution in [3.8, 4) is 11.1 Å². The molecule has 4 aromatic rings. The summed E-state index contributed by atoms with van der Waals surface area (Å²) in [4.78, 5) is 9.63. The first-order valence-electron chi connectivity index (χ1n) is 7.56. The molecule has 4 rings (SSSR count). The van der Waals surface area contributed by atoms with Crippen LogP contribution in [0, 0.1) is 11.6 Å². The summed E-state index contributed by atoms with van der Waals surface area (Å²) < 4.78 is 26.6. The summed E-state index contributed by atoms with van der Waals surface area (Å²) in [5.74, 6) is 0.108. The van der Waals surface area contributed by atoms with Crippen LogP contribution in [0.4, 0.5) is 8.78 Å². The van der Waals surface area contributed by atoms with E-state index in [1.807, 2.05) is 11.4 Å². The van der Waals surface area contributed by atoms with Gasteiger partial charge in [0.2, 0.25) is 0 Å². The van der Waals surface area contributed by atoms with Gasteiger partial charge in [-0.1, -0.05) is 24.3 Å². The van der Waals surface area contributed by atoms with Crippen molar-refractivity contribution in [2.75, 3.05) is 0 Å². The van der Waals surface area contributed by atoms with E-state index in [4.69, 9.17) is 0 Å². The van der Waals surface area contributed by atoms with Crippen LogP contribution in [-0.4, -0.2) is 9.97 Å². The molecule has 0 spiro atoms. The van der Waals surface area contributed by atoms with Gasteiger partial charge >= 0.3 is 0 Å². The molecule has 2 nitrogen and oxygen atoms in total. The number of benzene rings is 2. The molecule has 0 unspecified atom stereocenters. The molecule has 6 heteroatoms. The lowest BCUT2D eigenvalue weighted by atomic mass is 10.1. The summed E-state index contributed by atoms with van der Waals surface area (Å²) in [5, 5.41) is 3.81. The Balaban J connectivity index is 1.71. The molecule has 0 amide bonds. The van der Waals surface area contributed by atoms with Gasteiger partial charge in [0, 0.05) is 16.7 Å². The third-order valence-electron chi connectivity index (χ3n) is 3.76. The third-order valence-corrected chi connectivity index (χ3v) is 5.70. The fraction of sp³-hybridized carbons (Fsp3) is 0.0526. The SMILES string of the molecule is Fc1ccc(-c2csc3ncnc(SCc4cccc(F)c4)c23)cc1. The quantitative estimate of drug-likeness (QED) is 0.329. The molecule has 2 heterocycles. The zero-order valence-corrected chi connectivity index (χ0v) is 14.6. The highest BCUT2D eigenvalue weighted by Crippen LogP contribution is 2.38. The zero-order chi connectivity index (χ0) is 17.2. The fourth-order valence-corrected chi connectivity index (χ4v) is 4.51. The molecule has 0 aliphatic carbocycles. The second-order valence-corrected chi connectivity index (χ2v) is 7.26. The monoisotopic (exact) mass is 370 g/mol. The molecular formula is C19H12F2N2S2. The van der Waals surface area contributed by atoms with Crippen molar-refractivity contribution in [1.29, 1.82) is 0 Å². The minimum atomic E-state index is -0.264. The van der Waals surface area contributed by atoms with Gasteiger partial charge < -0.3 is 0 Å². The standard InChI is InChI=1S/C19H12F2N2S2/c20-14-6-4-13(5-7-14)16-10-25-19-17(16)18(22-11-23-19)24-9-12-2-1-3-15(21)8-12/h1-8,10-11H,9H2. The number of rotatable bonds is 4. The Morgan fingerprint density at radius 2 is 1.80 bits per heavy atom. The lowest BCUT2D eigenvalue weighted by Gasteiger charge is -2.06. The zero-order valence-electron chi connectivity index (χ0n) is 12.9. The Morgan fingerprint density at radius 3 is 2.60 bits per heavy atom. The molecule has 0 bridgehead atoms. The maximum atomic E-state index is 13.4. The number of thioether (sulfide) groups is 1. The number of fused-ring (bicyclic) bond motifs is 1. The van der Waals surface area contributed by atoms with Crippen molar-refractivity contribution in [2.45, 2.75) is 10.8 Å². The summed E-state index contributed by atoms with van der Waals surface area (Å²) in [6.07, 6.45) is 1.54. The molecule has 0 aliphatic rings. The minimum Gasteiger partial charge on any atom is -0.229 e. The van der Waals surface area contributed by atoms with Crippen molar-refractivity contribution >= 4 is 33.3 Å². The molecule has 2 aromatic carbocycles. The van der Waals surface area contributed by atoms with Crippen LogP contribution < -0.4 is 0 Å². The minimum absolute atomic E-state index is 0.242. The lowest BCUT2D eigenvalue weighted by molar-refractivity contribution is 0.626. The summed E-state index contributed by atoms with van der Waals surface area (Å²) in [6, 6.07) is 13.0. The maximum absolute atomic E-state index is 13.4. The van der Waals surface area contributed by atoms with Gasteiger partial charge in [0.1, 0.15) is 27.8 Å². The van der Waals surface area contributed by atoms with Crippen LogP contribution in [0.15, 0.2) is 65.3 Å². The lowest BCUT2D eigenvalue weighted by Crippen LogP contribution is -1.88. The molecule has 0 saturated carbocycles. The highest BCUT2D eigenvalue weighted by Gasteiger charge is 2.13. The molecule has 2 aromatic heterocycles. The van der Waals surface area contributed by atoms with Crippen LogP contribution in [0.1, 0.15) is 5.56 Å². The second kappa shape index (κ2) is 6.90. The predicted molar refractivity (Wildman–Crippen MR) is 98.8 cm³/mol. The number of aromatic nitrogens is 2. The maximum Gasteiger partial charge on any atom is 0.128 e. The fourth-order valence-electron chi connectivity index (χ4n) is 2.58. The van der Waals surface area contributed by atoms with Crippen molar-refractivity contribution in [3.05, 3.63) is 77.4 Å². The first kappa shape index (κ1) is 16.2. The first-order chi connectivity index (χ1) is 12.2. The van der Waals surface area contributed by atoms with Gasteiger partial charge in [0.15, 0.2) is 0 Å². The van der Waals surface area contributed by atoms with E-state index in [2.05, 4.69) is 9.97 Å². The molecule has 25 heavy (non-hydrogen) atoms. The van der Waals surface area contributed by atoms with Crippen LogP contribution in [0.3, 0.4) is 0 Å². The molecule has 0 N–H and O–H groups in total. The Bertz CT molecular complexity index is 1030. The van der Waals surface area contributed by atoms with E-state index in [0.717, 1.165) is 31.9 Å². The van der Waals surface area contributed by atoms with Crippen molar-refractivity contribution in [3.63, 3.8) is 0 Å². The summed E-state index contributed by atoms with van der Waals surface area (Å²) in [7, 11) is 0. The number of hydrogen-bond donors (Lipinski definition) is 0. The molecule has 124 valence electrons. The molecule has 0 saturated heterocycles. The van der Waals surface area contributed by atoms with Gasteiger partial charge in [-0.15, -0.1) is 23.1 Å². The normalized spacial score (nSPS) is 11.1. The predicted octanol–water partition coefficient (Wildman–Crippen LogP) is 5.93. The van der Waals surface area contributed by atoms with E-state index in [-0.39, 0.29) is 11.6 Å². The molecular weight excluding hydrogens is 358 g/mol. The van der Waals surface area contributed by atoms with Gasteiger partial charge in [0.25, 0.3) is 0 Å². The Morgan fingerprint density at radius 1 is 0.960 bits per heavy atom. The average molecular weight is 370 g/mol.